The summed E-state index contributed by atoms with van der Waals surface area (Å²) in [6.07, 6.45) is 1.10. The fraction of sp³-hybridized carbons (Fsp3) is 0.0833. The molecular formula is C12H10N2O3S. The van der Waals surface area contributed by atoms with E-state index in [1.807, 2.05) is 0 Å². The zero-order valence-corrected chi connectivity index (χ0v) is 10.3. The summed E-state index contributed by atoms with van der Waals surface area (Å²) in [6, 6.07) is 8.59. The van der Waals surface area contributed by atoms with Gasteiger partial charge in [-0.25, -0.2) is 8.42 Å². The predicted molar refractivity (Wildman–Crippen MR) is 70.4 cm³/mol. The number of sulfonamides is 1. The van der Waals surface area contributed by atoms with E-state index in [0.717, 1.165) is 11.6 Å². The van der Waals surface area contributed by atoms with Crippen molar-refractivity contribution in [1.82, 2.24) is 0 Å². The highest BCUT2D eigenvalue weighted by Crippen LogP contribution is 2.37. The van der Waals surface area contributed by atoms with E-state index < -0.39 is 10.0 Å². The number of amides is 1. The number of hydrogen-bond donors (Lipinski definition) is 2. The first-order valence-corrected chi connectivity index (χ1v) is 7.20. The molecule has 0 bridgehead atoms. The Morgan fingerprint density at radius 1 is 1.17 bits per heavy atom. The lowest BCUT2D eigenvalue weighted by atomic mass is 10.0. The minimum atomic E-state index is -3.34. The highest BCUT2D eigenvalue weighted by atomic mass is 32.2. The largest absolute Gasteiger partial charge is 0.321 e. The van der Waals surface area contributed by atoms with Gasteiger partial charge in [0, 0.05) is 22.0 Å². The first-order valence-electron chi connectivity index (χ1n) is 5.30. The van der Waals surface area contributed by atoms with Crippen molar-refractivity contribution in [2.24, 2.45) is 0 Å². The number of nitrogens with one attached hydrogen (secondary N) is 2. The smallest absolute Gasteiger partial charge is 0.256 e. The van der Waals surface area contributed by atoms with Crippen molar-refractivity contribution >= 4 is 38.1 Å². The molecule has 1 aliphatic heterocycles. The van der Waals surface area contributed by atoms with Gasteiger partial charge in [-0.2, -0.15) is 0 Å². The average molecular weight is 262 g/mol. The topological polar surface area (TPSA) is 75.3 Å². The van der Waals surface area contributed by atoms with Crippen LogP contribution in [0.3, 0.4) is 0 Å². The summed E-state index contributed by atoms with van der Waals surface area (Å²) in [6.45, 7) is 0. The van der Waals surface area contributed by atoms with Crippen LogP contribution in [-0.2, 0) is 10.0 Å². The lowest BCUT2D eigenvalue weighted by Gasteiger charge is -2.08. The summed E-state index contributed by atoms with van der Waals surface area (Å²) in [4.78, 5) is 11.7. The molecule has 2 aromatic carbocycles. The molecule has 0 unspecified atom stereocenters. The van der Waals surface area contributed by atoms with Crippen LogP contribution in [0.15, 0.2) is 30.3 Å². The Hall–Kier alpha value is -2.08. The van der Waals surface area contributed by atoms with Crippen molar-refractivity contribution in [3.8, 4) is 0 Å². The molecule has 2 N–H and O–H groups in total. The molecule has 0 saturated carbocycles. The fourth-order valence-corrected chi connectivity index (χ4v) is 2.76. The van der Waals surface area contributed by atoms with Crippen LogP contribution in [0.4, 0.5) is 11.4 Å². The van der Waals surface area contributed by atoms with Gasteiger partial charge in [0.1, 0.15) is 0 Å². The number of rotatable bonds is 2. The predicted octanol–water partition coefficient (Wildman–Crippen LogP) is 1.78. The third kappa shape index (κ3) is 1.62. The van der Waals surface area contributed by atoms with Gasteiger partial charge in [0.25, 0.3) is 5.91 Å². The Bertz CT molecular complexity index is 781. The zero-order chi connectivity index (χ0) is 12.9. The SMILES string of the molecule is CS(=O)(=O)Nc1ccc2c3c(cccc13)C(=O)N2. The summed E-state index contributed by atoms with van der Waals surface area (Å²) in [5.41, 5.74) is 1.76. The average Bonchev–Trinajstić information content (AvgIpc) is 2.60. The molecule has 0 radical (unpaired) electrons. The maximum absolute atomic E-state index is 11.7. The Morgan fingerprint density at radius 2 is 1.94 bits per heavy atom. The minimum absolute atomic E-state index is 0.160. The van der Waals surface area contributed by atoms with E-state index in [4.69, 9.17) is 0 Å². The van der Waals surface area contributed by atoms with E-state index in [2.05, 4.69) is 10.0 Å². The standard InChI is InChI=1S/C12H10N2O3S/c1-18(16,17)14-9-5-6-10-11-7(9)3-2-4-8(11)12(15)13-10/h2-6,14H,1H3,(H,13,15). The number of hydrogen-bond acceptors (Lipinski definition) is 3. The maximum atomic E-state index is 11.7. The second-order valence-electron chi connectivity index (χ2n) is 4.22. The third-order valence-electron chi connectivity index (χ3n) is 2.83. The fourth-order valence-electron chi connectivity index (χ4n) is 2.18. The van der Waals surface area contributed by atoms with E-state index in [1.54, 1.807) is 30.3 Å². The molecule has 1 heterocycles. The summed E-state index contributed by atoms with van der Waals surface area (Å²) in [7, 11) is -3.34. The van der Waals surface area contributed by atoms with E-state index in [9.17, 15) is 13.2 Å². The van der Waals surface area contributed by atoms with E-state index in [0.29, 0.717) is 22.3 Å². The van der Waals surface area contributed by atoms with Crippen LogP contribution in [0.2, 0.25) is 0 Å². The van der Waals surface area contributed by atoms with Gasteiger partial charge >= 0.3 is 0 Å². The van der Waals surface area contributed by atoms with Crippen molar-refractivity contribution < 1.29 is 13.2 Å². The van der Waals surface area contributed by atoms with Gasteiger partial charge in [-0.15, -0.1) is 0 Å². The monoisotopic (exact) mass is 262 g/mol. The van der Waals surface area contributed by atoms with Crippen molar-refractivity contribution in [2.45, 2.75) is 0 Å². The first kappa shape index (κ1) is 11.0. The summed E-state index contributed by atoms with van der Waals surface area (Å²) >= 11 is 0. The molecule has 1 amide bonds. The maximum Gasteiger partial charge on any atom is 0.256 e. The van der Waals surface area contributed by atoms with Gasteiger partial charge < -0.3 is 5.32 Å². The van der Waals surface area contributed by atoms with Crippen LogP contribution in [0, 0.1) is 0 Å². The number of benzene rings is 2. The third-order valence-corrected chi connectivity index (χ3v) is 3.42. The molecule has 92 valence electrons. The van der Waals surface area contributed by atoms with E-state index >= 15 is 0 Å². The number of anilines is 2. The Kier molecular flexibility index (Phi) is 2.12. The molecule has 3 rings (SSSR count). The number of carbonyl (C=O) groups excluding carboxylic acids is 1. The van der Waals surface area contributed by atoms with Crippen LogP contribution in [-0.4, -0.2) is 20.6 Å². The van der Waals surface area contributed by atoms with E-state index in [1.165, 1.54) is 0 Å². The Balaban J connectivity index is 2.32. The highest BCUT2D eigenvalue weighted by molar-refractivity contribution is 7.92. The molecule has 0 fully saturated rings. The quantitative estimate of drug-likeness (QED) is 0.866. The van der Waals surface area contributed by atoms with Crippen LogP contribution in [0.25, 0.3) is 10.8 Å². The Morgan fingerprint density at radius 3 is 2.67 bits per heavy atom. The molecule has 0 aromatic heterocycles. The summed E-state index contributed by atoms with van der Waals surface area (Å²) in [5.74, 6) is -0.160. The molecule has 0 aliphatic carbocycles. The summed E-state index contributed by atoms with van der Waals surface area (Å²) in [5, 5.41) is 4.22. The van der Waals surface area contributed by atoms with Gasteiger partial charge in [0.05, 0.1) is 11.9 Å². The van der Waals surface area contributed by atoms with Gasteiger partial charge in [-0.3, -0.25) is 9.52 Å². The van der Waals surface area contributed by atoms with Crippen LogP contribution in [0.5, 0.6) is 0 Å². The van der Waals surface area contributed by atoms with Crippen molar-refractivity contribution in [3.63, 3.8) is 0 Å². The molecule has 1 aliphatic rings. The highest BCUT2D eigenvalue weighted by Gasteiger charge is 2.22. The zero-order valence-electron chi connectivity index (χ0n) is 9.52. The molecule has 0 saturated heterocycles. The lowest BCUT2D eigenvalue weighted by Crippen LogP contribution is -2.09. The van der Waals surface area contributed by atoms with Crippen LogP contribution >= 0.6 is 0 Å². The van der Waals surface area contributed by atoms with Crippen molar-refractivity contribution in [2.75, 3.05) is 16.3 Å². The molecular weight excluding hydrogens is 252 g/mol. The van der Waals surface area contributed by atoms with Gasteiger partial charge in [0.15, 0.2) is 0 Å². The molecule has 2 aromatic rings. The van der Waals surface area contributed by atoms with E-state index in [-0.39, 0.29) is 5.91 Å². The first-order chi connectivity index (χ1) is 8.46. The van der Waals surface area contributed by atoms with Crippen LogP contribution in [0.1, 0.15) is 10.4 Å². The number of carbonyl (C=O) groups is 1. The van der Waals surface area contributed by atoms with Gasteiger partial charge in [-0.1, -0.05) is 12.1 Å². The van der Waals surface area contributed by atoms with Crippen LogP contribution < -0.4 is 10.0 Å². The Labute approximate surface area is 104 Å². The molecule has 0 atom stereocenters. The second kappa shape index (κ2) is 3.46. The molecule has 6 heteroatoms. The minimum Gasteiger partial charge on any atom is -0.321 e. The molecule has 0 spiro atoms. The normalized spacial score (nSPS) is 13.7. The molecule has 18 heavy (non-hydrogen) atoms. The molecule has 5 nitrogen and oxygen atoms in total. The van der Waals surface area contributed by atoms with Crippen molar-refractivity contribution in [1.29, 1.82) is 0 Å². The lowest BCUT2D eigenvalue weighted by molar-refractivity contribution is 0.103. The summed E-state index contributed by atoms with van der Waals surface area (Å²) < 4.78 is 25.1. The van der Waals surface area contributed by atoms with Gasteiger partial charge in [0.2, 0.25) is 10.0 Å². The van der Waals surface area contributed by atoms with Gasteiger partial charge in [-0.05, 0) is 18.2 Å². The second-order valence-corrected chi connectivity index (χ2v) is 5.97. The van der Waals surface area contributed by atoms with Crippen molar-refractivity contribution in [3.05, 3.63) is 35.9 Å².